The van der Waals surface area contributed by atoms with Gasteiger partial charge in [-0.3, -0.25) is 4.79 Å². The predicted octanol–water partition coefficient (Wildman–Crippen LogP) is 4.24. The topological polar surface area (TPSA) is 29.1 Å². The molecule has 2 aromatic rings. The molecule has 2 aromatic carbocycles. The molecule has 1 amide bonds. The highest BCUT2D eigenvalue weighted by atomic mass is 35.5. The molecule has 19 heavy (non-hydrogen) atoms. The van der Waals surface area contributed by atoms with Crippen molar-refractivity contribution in [2.24, 2.45) is 0 Å². The Labute approximate surface area is 122 Å². The molecule has 1 N–H and O–H groups in total. The molecular weight excluding hydrogens is 278 g/mol. The Bertz CT molecular complexity index is 586. The van der Waals surface area contributed by atoms with Crippen LogP contribution in [0, 0.1) is 0 Å². The lowest BCUT2D eigenvalue weighted by molar-refractivity contribution is -0.115. The van der Waals surface area contributed by atoms with Crippen LogP contribution < -0.4 is 5.32 Å². The second-order valence-corrected chi connectivity index (χ2v) is 5.27. The monoisotopic (exact) mass is 291 g/mol. The van der Waals surface area contributed by atoms with E-state index >= 15 is 0 Å². The maximum Gasteiger partial charge on any atom is 0.228 e. The molecule has 2 rings (SSSR count). The van der Waals surface area contributed by atoms with Crippen molar-refractivity contribution in [3.63, 3.8) is 0 Å². The number of carbonyl (C=O) groups is 1. The largest absolute Gasteiger partial charge is 0.325 e. The van der Waals surface area contributed by atoms with E-state index in [1.54, 1.807) is 17.8 Å². The summed E-state index contributed by atoms with van der Waals surface area (Å²) in [5.41, 5.74) is 1.68. The van der Waals surface area contributed by atoms with Crippen LogP contribution >= 0.6 is 23.4 Å². The summed E-state index contributed by atoms with van der Waals surface area (Å²) in [6.07, 6.45) is 2.27. The SMILES string of the molecule is CSc1ccccc1NC(=O)Cc1ccccc1Cl. The summed E-state index contributed by atoms with van der Waals surface area (Å²) in [5.74, 6) is -0.0606. The smallest absolute Gasteiger partial charge is 0.228 e. The van der Waals surface area contributed by atoms with E-state index in [4.69, 9.17) is 11.6 Å². The summed E-state index contributed by atoms with van der Waals surface area (Å²) >= 11 is 7.65. The van der Waals surface area contributed by atoms with Gasteiger partial charge in [0.1, 0.15) is 0 Å². The molecule has 2 nitrogen and oxygen atoms in total. The number of rotatable bonds is 4. The van der Waals surface area contributed by atoms with Gasteiger partial charge in [0.2, 0.25) is 5.91 Å². The summed E-state index contributed by atoms with van der Waals surface area (Å²) in [5, 5.41) is 3.54. The van der Waals surface area contributed by atoms with Gasteiger partial charge >= 0.3 is 0 Å². The molecule has 0 aromatic heterocycles. The minimum atomic E-state index is -0.0606. The standard InChI is InChI=1S/C15H14ClNOS/c1-19-14-9-5-4-8-13(14)17-15(18)10-11-6-2-3-7-12(11)16/h2-9H,10H2,1H3,(H,17,18). The highest BCUT2D eigenvalue weighted by Gasteiger charge is 2.08. The zero-order valence-corrected chi connectivity index (χ0v) is 12.1. The normalized spacial score (nSPS) is 10.2. The van der Waals surface area contributed by atoms with Gasteiger partial charge in [-0.15, -0.1) is 11.8 Å². The van der Waals surface area contributed by atoms with Crippen molar-refractivity contribution < 1.29 is 4.79 Å². The summed E-state index contributed by atoms with van der Waals surface area (Å²) in [6, 6.07) is 15.1. The fourth-order valence-electron chi connectivity index (χ4n) is 1.76. The molecule has 0 saturated heterocycles. The molecule has 98 valence electrons. The van der Waals surface area contributed by atoms with E-state index in [-0.39, 0.29) is 12.3 Å². The van der Waals surface area contributed by atoms with Gasteiger partial charge in [-0.25, -0.2) is 0 Å². The zero-order valence-electron chi connectivity index (χ0n) is 10.5. The van der Waals surface area contributed by atoms with Crippen LogP contribution in [0.25, 0.3) is 0 Å². The maximum atomic E-state index is 12.0. The third-order valence-corrected chi connectivity index (χ3v) is 3.85. The molecule has 0 fully saturated rings. The van der Waals surface area contributed by atoms with Gasteiger partial charge in [0.25, 0.3) is 0 Å². The Kier molecular flexibility index (Phi) is 4.88. The van der Waals surface area contributed by atoms with Crippen LogP contribution in [0.5, 0.6) is 0 Å². The Hall–Kier alpha value is -1.45. The van der Waals surface area contributed by atoms with Crippen molar-refractivity contribution in [2.75, 3.05) is 11.6 Å². The average Bonchev–Trinajstić information content (AvgIpc) is 2.42. The van der Waals surface area contributed by atoms with Crippen molar-refractivity contribution in [1.29, 1.82) is 0 Å². The van der Waals surface area contributed by atoms with Crippen molar-refractivity contribution >= 4 is 35.0 Å². The Morgan fingerprint density at radius 3 is 2.58 bits per heavy atom. The first-order valence-electron chi connectivity index (χ1n) is 5.87. The molecule has 0 aliphatic heterocycles. The lowest BCUT2D eigenvalue weighted by Gasteiger charge is -2.09. The summed E-state index contributed by atoms with van der Waals surface area (Å²) in [7, 11) is 0. The molecule has 0 heterocycles. The number of para-hydroxylation sites is 1. The summed E-state index contributed by atoms with van der Waals surface area (Å²) < 4.78 is 0. The van der Waals surface area contributed by atoms with Crippen molar-refractivity contribution in [1.82, 2.24) is 0 Å². The Morgan fingerprint density at radius 1 is 1.16 bits per heavy atom. The van der Waals surface area contributed by atoms with Crippen LogP contribution in [-0.2, 0) is 11.2 Å². The van der Waals surface area contributed by atoms with E-state index in [2.05, 4.69) is 5.32 Å². The van der Waals surface area contributed by atoms with Crippen molar-refractivity contribution in [2.45, 2.75) is 11.3 Å². The number of halogens is 1. The zero-order chi connectivity index (χ0) is 13.7. The first-order valence-corrected chi connectivity index (χ1v) is 7.47. The van der Waals surface area contributed by atoms with Gasteiger partial charge in [-0.05, 0) is 30.0 Å². The molecule has 0 spiro atoms. The van der Waals surface area contributed by atoms with Crippen LogP contribution in [-0.4, -0.2) is 12.2 Å². The second kappa shape index (κ2) is 6.64. The van der Waals surface area contributed by atoms with Crippen molar-refractivity contribution in [3.8, 4) is 0 Å². The molecular formula is C15H14ClNOS. The molecule has 0 atom stereocenters. The van der Waals surface area contributed by atoms with Crippen LogP contribution in [0.4, 0.5) is 5.69 Å². The number of hydrogen-bond donors (Lipinski definition) is 1. The maximum absolute atomic E-state index is 12.0. The molecule has 0 aliphatic rings. The summed E-state index contributed by atoms with van der Waals surface area (Å²) in [4.78, 5) is 13.1. The molecule has 0 unspecified atom stereocenters. The minimum absolute atomic E-state index is 0.0606. The van der Waals surface area contributed by atoms with Crippen LogP contribution in [0.1, 0.15) is 5.56 Å². The van der Waals surface area contributed by atoms with E-state index < -0.39 is 0 Å². The van der Waals surface area contributed by atoms with E-state index in [0.717, 1.165) is 16.1 Å². The first-order chi connectivity index (χ1) is 9.20. The average molecular weight is 292 g/mol. The number of nitrogens with one attached hydrogen (secondary N) is 1. The van der Waals surface area contributed by atoms with Gasteiger partial charge in [0.05, 0.1) is 12.1 Å². The number of hydrogen-bond acceptors (Lipinski definition) is 2. The first kappa shape index (κ1) is 14.0. The quantitative estimate of drug-likeness (QED) is 0.854. The van der Waals surface area contributed by atoms with Crippen LogP contribution in [0.3, 0.4) is 0 Å². The van der Waals surface area contributed by atoms with Gasteiger partial charge in [-0.2, -0.15) is 0 Å². The highest BCUT2D eigenvalue weighted by molar-refractivity contribution is 7.98. The third kappa shape index (κ3) is 3.75. The fraction of sp³-hybridized carbons (Fsp3) is 0.133. The lowest BCUT2D eigenvalue weighted by Crippen LogP contribution is -2.15. The second-order valence-electron chi connectivity index (χ2n) is 4.02. The number of carbonyl (C=O) groups excluding carboxylic acids is 1. The molecule has 0 saturated carbocycles. The van der Waals surface area contributed by atoms with E-state index in [9.17, 15) is 4.79 Å². The molecule has 4 heteroatoms. The lowest BCUT2D eigenvalue weighted by atomic mass is 10.1. The number of anilines is 1. The summed E-state index contributed by atoms with van der Waals surface area (Å²) in [6.45, 7) is 0. The minimum Gasteiger partial charge on any atom is -0.325 e. The van der Waals surface area contributed by atoms with Gasteiger partial charge in [0, 0.05) is 9.92 Å². The molecule has 0 aliphatic carbocycles. The Morgan fingerprint density at radius 2 is 1.84 bits per heavy atom. The van der Waals surface area contributed by atoms with E-state index in [0.29, 0.717) is 5.02 Å². The number of thioether (sulfide) groups is 1. The number of amides is 1. The van der Waals surface area contributed by atoms with Crippen LogP contribution in [0.15, 0.2) is 53.4 Å². The number of benzene rings is 2. The molecule has 0 radical (unpaired) electrons. The van der Waals surface area contributed by atoms with Gasteiger partial charge in [0.15, 0.2) is 0 Å². The van der Waals surface area contributed by atoms with Gasteiger partial charge < -0.3 is 5.32 Å². The van der Waals surface area contributed by atoms with E-state index in [1.807, 2.05) is 48.7 Å². The Balaban J connectivity index is 2.08. The van der Waals surface area contributed by atoms with Gasteiger partial charge in [-0.1, -0.05) is 41.9 Å². The molecule has 0 bridgehead atoms. The predicted molar refractivity (Wildman–Crippen MR) is 82.0 cm³/mol. The van der Waals surface area contributed by atoms with Crippen LogP contribution in [0.2, 0.25) is 5.02 Å². The highest BCUT2D eigenvalue weighted by Crippen LogP contribution is 2.25. The third-order valence-electron chi connectivity index (χ3n) is 2.69. The van der Waals surface area contributed by atoms with Crippen molar-refractivity contribution in [3.05, 3.63) is 59.1 Å². The van der Waals surface area contributed by atoms with E-state index in [1.165, 1.54) is 0 Å². The fourth-order valence-corrected chi connectivity index (χ4v) is 2.51.